The molecule has 0 unspecified atom stereocenters. The summed E-state index contributed by atoms with van der Waals surface area (Å²) in [4.78, 5) is 12.5. The lowest BCUT2D eigenvalue weighted by Gasteiger charge is -2.23. The highest BCUT2D eigenvalue weighted by atomic mass is 16.6. The SMILES string of the molecule is CC(C)(C)c1ccc(/C=C/C(=O)Nc2ccc3c(c2)OCCO3)c(C2CCCC2)c1. The maximum Gasteiger partial charge on any atom is 0.248 e. The number of benzene rings is 2. The van der Waals surface area contributed by atoms with Crippen molar-refractivity contribution < 1.29 is 14.3 Å². The summed E-state index contributed by atoms with van der Waals surface area (Å²) in [6, 6.07) is 12.2. The molecule has 0 bridgehead atoms. The summed E-state index contributed by atoms with van der Waals surface area (Å²) in [6.45, 7) is 7.82. The molecule has 30 heavy (non-hydrogen) atoms. The molecule has 0 aromatic heterocycles. The van der Waals surface area contributed by atoms with Crippen LogP contribution in [0.3, 0.4) is 0 Å². The molecular weight excluding hydrogens is 374 g/mol. The van der Waals surface area contributed by atoms with Gasteiger partial charge in [-0.1, -0.05) is 51.8 Å². The van der Waals surface area contributed by atoms with Crippen LogP contribution in [0.2, 0.25) is 0 Å². The molecule has 0 radical (unpaired) electrons. The number of fused-ring (bicyclic) bond motifs is 1. The van der Waals surface area contributed by atoms with Gasteiger partial charge in [0, 0.05) is 17.8 Å². The number of nitrogens with one attached hydrogen (secondary N) is 1. The fourth-order valence-electron chi connectivity index (χ4n) is 4.25. The van der Waals surface area contributed by atoms with Crippen LogP contribution >= 0.6 is 0 Å². The van der Waals surface area contributed by atoms with Crippen LogP contribution in [-0.2, 0) is 10.2 Å². The smallest absolute Gasteiger partial charge is 0.248 e. The summed E-state index contributed by atoms with van der Waals surface area (Å²) in [5, 5.41) is 2.93. The Morgan fingerprint density at radius 3 is 2.47 bits per heavy atom. The normalized spacial score (nSPS) is 16.8. The van der Waals surface area contributed by atoms with Gasteiger partial charge in [0.15, 0.2) is 11.5 Å². The lowest BCUT2D eigenvalue weighted by molar-refractivity contribution is -0.111. The molecule has 1 N–H and O–H groups in total. The van der Waals surface area contributed by atoms with Crippen LogP contribution in [0.15, 0.2) is 42.5 Å². The van der Waals surface area contributed by atoms with Crippen LogP contribution < -0.4 is 14.8 Å². The van der Waals surface area contributed by atoms with E-state index in [0.29, 0.717) is 30.6 Å². The molecule has 1 amide bonds. The van der Waals surface area contributed by atoms with E-state index in [0.717, 1.165) is 11.3 Å². The van der Waals surface area contributed by atoms with E-state index in [1.54, 1.807) is 6.08 Å². The second-order valence-corrected chi connectivity index (χ2v) is 9.26. The fraction of sp³-hybridized carbons (Fsp3) is 0.423. The molecule has 1 aliphatic carbocycles. The number of carbonyl (C=O) groups is 1. The molecule has 0 saturated heterocycles. The first-order chi connectivity index (χ1) is 14.4. The molecule has 1 saturated carbocycles. The lowest BCUT2D eigenvalue weighted by atomic mass is 9.82. The number of amides is 1. The summed E-state index contributed by atoms with van der Waals surface area (Å²) in [5.41, 5.74) is 4.69. The van der Waals surface area contributed by atoms with Gasteiger partial charge < -0.3 is 14.8 Å². The van der Waals surface area contributed by atoms with Gasteiger partial charge >= 0.3 is 0 Å². The minimum Gasteiger partial charge on any atom is -0.486 e. The molecule has 4 heteroatoms. The molecule has 2 aromatic rings. The zero-order chi connectivity index (χ0) is 21.1. The predicted octanol–water partition coefficient (Wildman–Crippen LogP) is 6.06. The van der Waals surface area contributed by atoms with Crippen LogP contribution in [0.5, 0.6) is 11.5 Å². The highest BCUT2D eigenvalue weighted by Gasteiger charge is 2.22. The largest absolute Gasteiger partial charge is 0.486 e. The van der Waals surface area contributed by atoms with Crippen molar-refractivity contribution >= 4 is 17.7 Å². The van der Waals surface area contributed by atoms with Gasteiger partial charge in [-0.2, -0.15) is 0 Å². The molecule has 1 heterocycles. The first-order valence-electron chi connectivity index (χ1n) is 10.9. The Kier molecular flexibility index (Phi) is 5.85. The molecule has 4 rings (SSSR count). The Balaban J connectivity index is 1.52. The monoisotopic (exact) mass is 405 g/mol. The van der Waals surface area contributed by atoms with Crippen molar-refractivity contribution in [1.29, 1.82) is 0 Å². The fourth-order valence-corrected chi connectivity index (χ4v) is 4.25. The first kappa shape index (κ1) is 20.5. The van der Waals surface area contributed by atoms with Gasteiger partial charge in [0.25, 0.3) is 0 Å². The predicted molar refractivity (Wildman–Crippen MR) is 121 cm³/mol. The van der Waals surface area contributed by atoms with Crippen molar-refractivity contribution in [2.24, 2.45) is 0 Å². The van der Waals surface area contributed by atoms with Crippen molar-refractivity contribution in [3.05, 3.63) is 59.2 Å². The molecular formula is C26H31NO3. The molecule has 0 atom stereocenters. The second kappa shape index (κ2) is 8.55. The molecule has 2 aromatic carbocycles. The topological polar surface area (TPSA) is 47.6 Å². The Bertz CT molecular complexity index is 949. The zero-order valence-electron chi connectivity index (χ0n) is 18.2. The third-order valence-electron chi connectivity index (χ3n) is 5.97. The van der Waals surface area contributed by atoms with Gasteiger partial charge in [0.05, 0.1) is 0 Å². The number of hydrogen-bond acceptors (Lipinski definition) is 3. The summed E-state index contributed by atoms with van der Waals surface area (Å²) in [6.07, 6.45) is 8.63. The maximum absolute atomic E-state index is 12.5. The van der Waals surface area contributed by atoms with E-state index in [1.165, 1.54) is 36.8 Å². The standard InChI is InChI=1S/C26H31NO3/c1-26(2,3)20-10-8-19(22(16-20)18-6-4-5-7-18)9-13-25(28)27-21-11-12-23-24(17-21)30-15-14-29-23/h8-13,16-18H,4-7,14-15H2,1-3H3,(H,27,28)/b13-9+. The van der Waals surface area contributed by atoms with Crippen molar-refractivity contribution in [1.82, 2.24) is 0 Å². The Morgan fingerprint density at radius 2 is 1.73 bits per heavy atom. The van der Waals surface area contributed by atoms with Crippen LogP contribution in [-0.4, -0.2) is 19.1 Å². The molecule has 158 valence electrons. The van der Waals surface area contributed by atoms with Crippen LogP contribution in [0, 0.1) is 0 Å². The number of rotatable bonds is 4. The Labute approximate surface area is 179 Å². The van der Waals surface area contributed by atoms with E-state index >= 15 is 0 Å². The quantitative estimate of drug-likeness (QED) is 0.629. The Morgan fingerprint density at radius 1 is 1.00 bits per heavy atom. The van der Waals surface area contributed by atoms with Gasteiger partial charge in [-0.3, -0.25) is 4.79 Å². The van der Waals surface area contributed by atoms with Crippen LogP contribution in [0.25, 0.3) is 6.08 Å². The summed E-state index contributed by atoms with van der Waals surface area (Å²) < 4.78 is 11.1. The van der Waals surface area contributed by atoms with E-state index in [1.807, 2.05) is 24.3 Å². The minimum atomic E-state index is -0.149. The second-order valence-electron chi connectivity index (χ2n) is 9.26. The molecule has 0 spiro atoms. The average molecular weight is 406 g/mol. The highest BCUT2D eigenvalue weighted by Crippen LogP contribution is 2.38. The number of ether oxygens (including phenoxy) is 2. The van der Waals surface area contributed by atoms with Crippen molar-refractivity contribution in [2.45, 2.75) is 57.8 Å². The van der Waals surface area contributed by atoms with Crippen LogP contribution in [0.4, 0.5) is 5.69 Å². The molecule has 1 aliphatic heterocycles. The molecule has 4 nitrogen and oxygen atoms in total. The summed E-state index contributed by atoms with van der Waals surface area (Å²) in [7, 11) is 0. The third-order valence-corrected chi connectivity index (χ3v) is 5.97. The van der Waals surface area contributed by atoms with Crippen molar-refractivity contribution in [2.75, 3.05) is 18.5 Å². The third kappa shape index (κ3) is 4.69. The maximum atomic E-state index is 12.5. The lowest BCUT2D eigenvalue weighted by Crippen LogP contribution is -2.16. The number of anilines is 1. The number of carbonyl (C=O) groups excluding carboxylic acids is 1. The van der Waals surface area contributed by atoms with E-state index in [2.05, 4.69) is 44.3 Å². The first-order valence-corrected chi connectivity index (χ1v) is 10.9. The Hall–Kier alpha value is -2.75. The van der Waals surface area contributed by atoms with Crippen LogP contribution in [0.1, 0.15) is 69.1 Å². The highest BCUT2D eigenvalue weighted by molar-refractivity contribution is 6.02. The van der Waals surface area contributed by atoms with Gasteiger partial charge in [-0.25, -0.2) is 0 Å². The average Bonchev–Trinajstić information content (AvgIpc) is 3.26. The van der Waals surface area contributed by atoms with E-state index in [9.17, 15) is 4.79 Å². The van der Waals surface area contributed by atoms with E-state index in [-0.39, 0.29) is 11.3 Å². The van der Waals surface area contributed by atoms with E-state index in [4.69, 9.17) is 9.47 Å². The summed E-state index contributed by atoms with van der Waals surface area (Å²) in [5.74, 6) is 1.83. The summed E-state index contributed by atoms with van der Waals surface area (Å²) >= 11 is 0. The van der Waals surface area contributed by atoms with Gasteiger partial charge in [-0.05, 0) is 59.1 Å². The van der Waals surface area contributed by atoms with E-state index < -0.39 is 0 Å². The van der Waals surface area contributed by atoms with Gasteiger partial charge in [0.2, 0.25) is 5.91 Å². The van der Waals surface area contributed by atoms with Crippen molar-refractivity contribution in [3.8, 4) is 11.5 Å². The zero-order valence-corrected chi connectivity index (χ0v) is 18.2. The molecule has 2 aliphatic rings. The number of hydrogen-bond donors (Lipinski definition) is 1. The minimum absolute atomic E-state index is 0.116. The van der Waals surface area contributed by atoms with Crippen molar-refractivity contribution in [3.63, 3.8) is 0 Å². The van der Waals surface area contributed by atoms with Gasteiger partial charge in [-0.15, -0.1) is 0 Å². The van der Waals surface area contributed by atoms with Gasteiger partial charge in [0.1, 0.15) is 13.2 Å². The molecule has 1 fully saturated rings.